The number of hydrogen-bond donors (Lipinski definition) is 1. The van der Waals surface area contributed by atoms with E-state index in [9.17, 15) is 19.5 Å². The Morgan fingerprint density at radius 1 is 1.16 bits per heavy atom. The number of carboxylic acid groups (broad SMARTS) is 1. The van der Waals surface area contributed by atoms with Crippen molar-refractivity contribution in [3.05, 3.63) is 114 Å². The summed E-state index contributed by atoms with van der Waals surface area (Å²) < 4.78 is 13.0. The second-order valence-electron chi connectivity index (χ2n) is 8.41. The van der Waals surface area contributed by atoms with Crippen LogP contribution in [0.15, 0.2) is 86.1 Å². The minimum absolute atomic E-state index is 0.109. The highest BCUT2D eigenvalue weighted by Crippen LogP contribution is 2.31. The number of aromatic carboxylic acids is 1. The van der Waals surface area contributed by atoms with Crippen molar-refractivity contribution in [3.8, 4) is 11.3 Å². The normalized spacial score (nSPS) is 15.2. The first kappa shape index (κ1) is 25.4. The molecular formula is C28H21ClN2O6S. The van der Waals surface area contributed by atoms with Gasteiger partial charge < -0.3 is 14.3 Å². The van der Waals surface area contributed by atoms with Crippen LogP contribution in [0.2, 0.25) is 5.02 Å². The molecule has 1 atom stereocenters. The highest BCUT2D eigenvalue weighted by atomic mass is 35.5. The largest absolute Gasteiger partial charge is 0.478 e. The van der Waals surface area contributed by atoms with Gasteiger partial charge in [0.05, 0.1) is 34.0 Å². The molecule has 0 saturated carbocycles. The molecule has 5 rings (SSSR count). The summed E-state index contributed by atoms with van der Waals surface area (Å²) in [6, 6.07) is 16.0. The Labute approximate surface area is 225 Å². The number of hydrogen-bond acceptors (Lipinski definition) is 7. The van der Waals surface area contributed by atoms with E-state index in [4.69, 9.17) is 20.8 Å². The van der Waals surface area contributed by atoms with E-state index in [1.807, 2.05) is 0 Å². The quantitative estimate of drug-likeness (QED) is 0.357. The van der Waals surface area contributed by atoms with E-state index in [0.717, 1.165) is 11.3 Å². The monoisotopic (exact) mass is 548 g/mol. The van der Waals surface area contributed by atoms with Crippen molar-refractivity contribution in [1.82, 2.24) is 4.57 Å². The zero-order valence-electron chi connectivity index (χ0n) is 20.3. The molecule has 2 aromatic carbocycles. The number of rotatable bonds is 6. The molecule has 1 N–H and O–H groups in total. The number of aromatic nitrogens is 1. The van der Waals surface area contributed by atoms with E-state index < -0.39 is 18.0 Å². The van der Waals surface area contributed by atoms with Crippen LogP contribution >= 0.6 is 22.9 Å². The molecule has 1 aliphatic heterocycles. The summed E-state index contributed by atoms with van der Waals surface area (Å²) in [5.74, 6) is -0.881. The summed E-state index contributed by atoms with van der Waals surface area (Å²) in [5, 5.41) is 10.0. The summed E-state index contributed by atoms with van der Waals surface area (Å²) >= 11 is 7.25. The van der Waals surface area contributed by atoms with E-state index in [-0.39, 0.29) is 23.3 Å². The van der Waals surface area contributed by atoms with Crippen molar-refractivity contribution in [2.45, 2.75) is 19.9 Å². The van der Waals surface area contributed by atoms with Gasteiger partial charge in [0.15, 0.2) is 4.80 Å². The Morgan fingerprint density at radius 2 is 1.89 bits per heavy atom. The number of carboxylic acids is 1. The minimum Gasteiger partial charge on any atom is -0.478 e. The van der Waals surface area contributed by atoms with Gasteiger partial charge in [0.25, 0.3) is 5.56 Å². The molecule has 3 heterocycles. The molecule has 4 aromatic rings. The number of carbonyl (C=O) groups excluding carboxylic acids is 1. The number of halogens is 1. The number of esters is 1. The fourth-order valence-corrected chi connectivity index (χ4v) is 5.49. The standard InChI is InChI=1S/C28H21ClN2O6S/c1-3-36-27(35)23-15(2)30-28-31(24(23)16-8-10-17(29)11-9-16)25(32)22(38-28)14-18-12-13-21(37-18)19-6-4-5-7-20(19)26(33)34/h4-14,24H,3H2,1-2H3,(H,33,34). The number of nitrogens with zero attached hydrogens (tertiary/aromatic N) is 2. The van der Waals surface area contributed by atoms with Crippen LogP contribution in [0.25, 0.3) is 17.4 Å². The lowest BCUT2D eigenvalue weighted by atomic mass is 9.96. The first-order chi connectivity index (χ1) is 18.3. The van der Waals surface area contributed by atoms with Crippen LogP contribution < -0.4 is 14.9 Å². The fourth-order valence-electron chi connectivity index (χ4n) is 4.34. The highest BCUT2D eigenvalue weighted by molar-refractivity contribution is 7.07. The van der Waals surface area contributed by atoms with E-state index in [0.29, 0.717) is 42.7 Å². The number of ether oxygens (including phenoxy) is 1. The minimum atomic E-state index is -1.07. The maximum Gasteiger partial charge on any atom is 0.338 e. The molecule has 38 heavy (non-hydrogen) atoms. The first-order valence-electron chi connectivity index (χ1n) is 11.7. The zero-order chi connectivity index (χ0) is 27.0. The van der Waals surface area contributed by atoms with Gasteiger partial charge in [0.1, 0.15) is 11.5 Å². The molecule has 0 saturated heterocycles. The lowest BCUT2D eigenvalue weighted by molar-refractivity contribution is -0.139. The van der Waals surface area contributed by atoms with Gasteiger partial charge in [-0.2, -0.15) is 0 Å². The van der Waals surface area contributed by atoms with Crippen LogP contribution in [0.3, 0.4) is 0 Å². The van der Waals surface area contributed by atoms with E-state index in [1.165, 1.54) is 10.6 Å². The Balaban J connectivity index is 1.64. The van der Waals surface area contributed by atoms with Gasteiger partial charge in [-0.3, -0.25) is 9.36 Å². The maximum atomic E-state index is 13.7. The second kappa shape index (κ2) is 10.3. The smallest absolute Gasteiger partial charge is 0.338 e. The Morgan fingerprint density at radius 3 is 2.61 bits per heavy atom. The SMILES string of the molecule is CCOC(=O)C1=C(C)N=c2sc(=Cc3ccc(-c4ccccc4C(=O)O)o3)c(=O)n2C1c1ccc(Cl)cc1. The van der Waals surface area contributed by atoms with Gasteiger partial charge in [-0.15, -0.1) is 0 Å². The first-order valence-corrected chi connectivity index (χ1v) is 12.9. The molecule has 0 aliphatic carbocycles. The Hall–Kier alpha value is -4.21. The predicted molar refractivity (Wildman–Crippen MR) is 143 cm³/mol. The van der Waals surface area contributed by atoms with Gasteiger partial charge in [0, 0.05) is 16.7 Å². The molecule has 0 radical (unpaired) electrons. The molecule has 10 heteroatoms. The molecule has 1 unspecified atom stereocenters. The average Bonchev–Trinajstić information content (AvgIpc) is 3.48. The third-order valence-corrected chi connectivity index (χ3v) is 7.26. The molecule has 0 amide bonds. The van der Waals surface area contributed by atoms with Gasteiger partial charge >= 0.3 is 11.9 Å². The summed E-state index contributed by atoms with van der Waals surface area (Å²) in [7, 11) is 0. The van der Waals surface area contributed by atoms with Crippen molar-refractivity contribution in [3.63, 3.8) is 0 Å². The molecule has 2 aromatic heterocycles. The maximum absolute atomic E-state index is 13.7. The summed E-state index contributed by atoms with van der Waals surface area (Å²) in [4.78, 5) is 43.2. The lowest BCUT2D eigenvalue weighted by Gasteiger charge is -2.24. The molecule has 0 fully saturated rings. The van der Waals surface area contributed by atoms with Crippen LogP contribution in [0.5, 0.6) is 0 Å². The highest BCUT2D eigenvalue weighted by Gasteiger charge is 2.33. The van der Waals surface area contributed by atoms with E-state index in [1.54, 1.807) is 74.5 Å². The van der Waals surface area contributed by atoms with Crippen molar-refractivity contribution in [2.75, 3.05) is 6.61 Å². The van der Waals surface area contributed by atoms with Gasteiger partial charge in [-0.25, -0.2) is 14.6 Å². The van der Waals surface area contributed by atoms with Gasteiger partial charge in [0.2, 0.25) is 0 Å². The number of fused-ring (bicyclic) bond motifs is 1. The summed E-state index contributed by atoms with van der Waals surface area (Å²) in [6.07, 6.45) is 1.58. The lowest BCUT2D eigenvalue weighted by Crippen LogP contribution is -2.39. The number of carbonyl (C=O) groups is 2. The van der Waals surface area contributed by atoms with Crippen molar-refractivity contribution >= 4 is 41.0 Å². The topological polar surface area (TPSA) is 111 Å². The molecular weight excluding hydrogens is 528 g/mol. The molecule has 0 bridgehead atoms. The van der Waals surface area contributed by atoms with Crippen molar-refractivity contribution < 1.29 is 23.8 Å². The zero-order valence-corrected chi connectivity index (χ0v) is 21.9. The van der Waals surface area contributed by atoms with Gasteiger partial charge in [-0.1, -0.05) is 53.3 Å². The molecule has 192 valence electrons. The van der Waals surface area contributed by atoms with E-state index >= 15 is 0 Å². The molecule has 0 spiro atoms. The van der Waals surface area contributed by atoms with Gasteiger partial charge in [-0.05, 0) is 49.7 Å². The van der Waals surface area contributed by atoms with Crippen LogP contribution in [0.4, 0.5) is 0 Å². The third kappa shape index (κ3) is 4.62. The Bertz CT molecular complexity index is 1780. The number of benzene rings is 2. The predicted octanol–water partition coefficient (Wildman–Crippen LogP) is 4.41. The van der Waals surface area contributed by atoms with E-state index in [2.05, 4.69) is 4.99 Å². The van der Waals surface area contributed by atoms with Crippen LogP contribution in [-0.4, -0.2) is 28.2 Å². The number of allylic oxidation sites excluding steroid dienone is 1. The summed E-state index contributed by atoms with van der Waals surface area (Å²) in [5.41, 5.74) is 1.61. The third-order valence-electron chi connectivity index (χ3n) is 6.03. The molecule has 8 nitrogen and oxygen atoms in total. The number of thiazole rings is 1. The van der Waals surface area contributed by atoms with Crippen LogP contribution in [0, 0.1) is 0 Å². The number of furan rings is 1. The van der Waals surface area contributed by atoms with Crippen LogP contribution in [-0.2, 0) is 9.53 Å². The fraction of sp³-hybridized carbons (Fsp3) is 0.143. The van der Waals surface area contributed by atoms with Crippen molar-refractivity contribution in [2.24, 2.45) is 4.99 Å². The molecule has 1 aliphatic rings. The van der Waals surface area contributed by atoms with Crippen LogP contribution in [0.1, 0.15) is 41.6 Å². The second-order valence-corrected chi connectivity index (χ2v) is 9.85. The summed E-state index contributed by atoms with van der Waals surface area (Å²) in [6.45, 7) is 3.61. The average molecular weight is 549 g/mol. The van der Waals surface area contributed by atoms with Crippen molar-refractivity contribution in [1.29, 1.82) is 0 Å². The Kier molecular flexibility index (Phi) is 6.88.